The van der Waals surface area contributed by atoms with Gasteiger partial charge in [0.25, 0.3) is 0 Å². The van der Waals surface area contributed by atoms with Crippen molar-refractivity contribution in [1.29, 1.82) is 0 Å². The molecule has 4 heterocycles. The predicted molar refractivity (Wildman–Crippen MR) is 258 cm³/mol. The fourth-order valence-electron chi connectivity index (χ4n) is 9.59. The number of furan rings is 1. The molecule has 0 saturated carbocycles. The number of hydrogen-bond acceptors (Lipinski definition) is 4. The lowest BCUT2D eigenvalue weighted by atomic mass is 9.99. The number of aromatic nitrogens is 5. The molecular weight excluding hydrogens is 771 g/mol. The molecule has 4 aromatic heterocycles. The van der Waals surface area contributed by atoms with Gasteiger partial charge in [-0.1, -0.05) is 158 Å². The fraction of sp³-hybridized carbons (Fsp3) is 0. The zero-order chi connectivity index (χ0) is 41.4. The van der Waals surface area contributed by atoms with Crippen LogP contribution in [0.25, 0.3) is 122 Å². The van der Waals surface area contributed by atoms with Crippen molar-refractivity contribution >= 4 is 65.6 Å². The Bertz CT molecular complexity index is 3830. The summed E-state index contributed by atoms with van der Waals surface area (Å²) in [5.74, 6) is 1.85. The van der Waals surface area contributed by atoms with Crippen LogP contribution in [0.4, 0.5) is 0 Å². The molecule has 6 nitrogen and oxygen atoms in total. The first-order chi connectivity index (χ1) is 31.3. The maximum absolute atomic E-state index is 6.99. The maximum Gasteiger partial charge on any atom is 0.164 e. The summed E-state index contributed by atoms with van der Waals surface area (Å²) in [4.78, 5) is 15.0. The molecule has 0 aliphatic carbocycles. The van der Waals surface area contributed by atoms with Gasteiger partial charge in [-0.15, -0.1) is 0 Å². The Morgan fingerprint density at radius 3 is 1.43 bits per heavy atom. The number of hydrogen-bond donors (Lipinski definition) is 0. The third kappa shape index (κ3) is 5.48. The average Bonchev–Trinajstić information content (AvgIpc) is 4.03. The maximum atomic E-state index is 6.99. The third-order valence-electron chi connectivity index (χ3n) is 12.4. The minimum absolute atomic E-state index is 0.602. The molecule has 0 N–H and O–H groups in total. The molecule has 6 heteroatoms. The van der Waals surface area contributed by atoms with E-state index in [9.17, 15) is 0 Å². The first-order valence-electron chi connectivity index (χ1n) is 21.2. The Kier molecular flexibility index (Phi) is 7.80. The molecule has 63 heavy (non-hydrogen) atoms. The van der Waals surface area contributed by atoms with Crippen molar-refractivity contribution in [3.8, 4) is 56.7 Å². The van der Waals surface area contributed by atoms with E-state index in [0.29, 0.717) is 17.5 Å². The molecule has 13 rings (SSSR count). The van der Waals surface area contributed by atoms with Crippen LogP contribution in [-0.2, 0) is 0 Å². The molecule has 0 spiro atoms. The molecular formula is C57H35N5O. The van der Waals surface area contributed by atoms with Gasteiger partial charge in [0, 0.05) is 71.5 Å². The second-order valence-corrected chi connectivity index (χ2v) is 16.0. The summed E-state index contributed by atoms with van der Waals surface area (Å²) in [5, 5.41) is 6.73. The molecule has 9 aromatic carbocycles. The highest BCUT2D eigenvalue weighted by molar-refractivity contribution is 6.24. The molecule has 0 fully saturated rings. The molecule has 0 saturated heterocycles. The summed E-state index contributed by atoms with van der Waals surface area (Å²) < 4.78 is 11.8. The first-order valence-corrected chi connectivity index (χ1v) is 21.2. The summed E-state index contributed by atoms with van der Waals surface area (Å²) in [7, 11) is 0. The predicted octanol–water partition coefficient (Wildman–Crippen LogP) is 14.6. The van der Waals surface area contributed by atoms with Gasteiger partial charge in [0.1, 0.15) is 5.58 Å². The van der Waals surface area contributed by atoms with E-state index >= 15 is 0 Å². The van der Waals surface area contributed by atoms with Gasteiger partial charge in [-0.05, 0) is 54.6 Å². The number of para-hydroxylation sites is 5. The van der Waals surface area contributed by atoms with Crippen molar-refractivity contribution in [2.24, 2.45) is 0 Å². The molecule has 0 unspecified atom stereocenters. The monoisotopic (exact) mass is 805 g/mol. The number of fused-ring (bicyclic) bond motifs is 10. The highest BCUT2D eigenvalue weighted by Crippen LogP contribution is 2.46. The van der Waals surface area contributed by atoms with E-state index < -0.39 is 0 Å². The average molecular weight is 806 g/mol. The van der Waals surface area contributed by atoms with Crippen molar-refractivity contribution in [3.63, 3.8) is 0 Å². The highest BCUT2D eigenvalue weighted by atomic mass is 16.3. The Hall–Kier alpha value is -8.61. The van der Waals surface area contributed by atoms with E-state index in [4.69, 9.17) is 19.4 Å². The Labute approximate surface area is 361 Å². The van der Waals surface area contributed by atoms with Crippen LogP contribution in [0.3, 0.4) is 0 Å². The van der Waals surface area contributed by atoms with E-state index in [1.807, 2.05) is 60.7 Å². The zero-order valence-electron chi connectivity index (χ0n) is 33.9. The van der Waals surface area contributed by atoms with Gasteiger partial charge >= 0.3 is 0 Å². The fourth-order valence-corrected chi connectivity index (χ4v) is 9.59. The van der Waals surface area contributed by atoms with E-state index in [-0.39, 0.29) is 0 Å². The Balaban J connectivity index is 1.08. The van der Waals surface area contributed by atoms with Crippen LogP contribution in [0.2, 0.25) is 0 Å². The molecule has 0 atom stereocenters. The summed E-state index contributed by atoms with van der Waals surface area (Å²) in [6.45, 7) is 0. The van der Waals surface area contributed by atoms with Crippen LogP contribution in [0.1, 0.15) is 0 Å². The van der Waals surface area contributed by atoms with Gasteiger partial charge in [0.15, 0.2) is 23.1 Å². The molecule has 0 radical (unpaired) electrons. The van der Waals surface area contributed by atoms with Gasteiger partial charge in [-0.25, -0.2) is 15.0 Å². The summed E-state index contributed by atoms with van der Waals surface area (Å²) in [6, 6.07) is 74.4. The zero-order valence-corrected chi connectivity index (χ0v) is 33.9. The second kappa shape index (κ2) is 14.0. The van der Waals surface area contributed by atoms with Crippen molar-refractivity contribution < 1.29 is 4.42 Å². The van der Waals surface area contributed by atoms with Crippen LogP contribution in [-0.4, -0.2) is 24.1 Å². The van der Waals surface area contributed by atoms with Gasteiger partial charge in [-0.3, -0.25) is 0 Å². The van der Waals surface area contributed by atoms with Crippen molar-refractivity contribution in [1.82, 2.24) is 24.1 Å². The number of rotatable bonds is 6. The lowest BCUT2D eigenvalue weighted by Crippen LogP contribution is -2.00. The van der Waals surface area contributed by atoms with E-state index in [0.717, 1.165) is 82.9 Å². The van der Waals surface area contributed by atoms with E-state index in [2.05, 4.69) is 161 Å². The van der Waals surface area contributed by atoms with Crippen LogP contribution in [0.5, 0.6) is 0 Å². The molecule has 0 aliphatic rings. The molecule has 13 aromatic rings. The van der Waals surface area contributed by atoms with E-state index in [1.165, 1.54) is 21.8 Å². The highest BCUT2D eigenvalue weighted by Gasteiger charge is 2.24. The standard InChI is InChI=1S/C57H35N5O/c1-5-17-36(18-6-1)55-58-56(37-19-7-2-8-20-37)60-57(59-55)38-31-34-50-48(35-38)47-33-32-46-45-29-16-28-44(52(45)62(53(46)54(47)63-50)40-23-11-4-12-24-40)43-27-15-26-42-41-25-13-14-30-49(41)61(51(42)43)39-21-9-3-10-22-39/h1-35H. The van der Waals surface area contributed by atoms with Crippen LogP contribution >= 0.6 is 0 Å². The minimum Gasteiger partial charge on any atom is -0.454 e. The van der Waals surface area contributed by atoms with Gasteiger partial charge in [-0.2, -0.15) is 0 Å². The molecule has 0 aliphatic heterocycles. The Morgan fingerprint density at radius 1 is 0.317 bits per heavy atom. The lowest BCUT2D eigenvalue weighted by Gasteiger charge is -2.15. The molecule has 0 bridgehead atoms. The van der Waals surface area contributed by atoms with Crippen LogP contribution in [0, 0.1) is 0 Å². The van der Waals surface area contributed by atoms with E-state index in [1.54, 1.807) is 0 Å². The third-order valence-corrected chi connectivity index (χ3v) is 12.4. The van der Waals surface area contributed by atoms with Crippen molar-refractivity contribution in [2.75, 3.05) is 0 Å². The summed E-state index contributed by atoms with van der Waals surface area (Å²) >= 11 is 0. The SMILES string of the molecule is c1ccc(-c2nc(-c3ccccc3)nc(-c3ccc4oc5c(ccc6c7cccc(-c8cccc9c%10ccccc%10n(-c%10ccccc%10)c89)c7n(-c7ccccc7)c65)c4c3)n2)cc1. The molecule has 294 valence electrons. The topological polar surface area (TPSA) is 61.7 Å². The van der Waals surface area contributed by atoms with Crippen LogP contribution in [0.15, 0.2) is 217 Å². The van der Waals surface area contributed by atoms with Gasteiger partial charge in [0.2, 0.25) is 0 Å². The largest absolute Gasteiger partial charge is 0.454 e. The smallest absolute Gasteiger partial charge is 0.164 e. The summed E-state index contributed by atoms with van der Waals surface area (Å²) in [6.07, 6.45) is 0. The normalized spacial score (nSPS) is 11.8. The number of nitrogens with zero attached hydrogens (tertiary/aromatic N) is 5. The first kappa shape index (κ1) is 35.2. The quantitative estimate of drug-likeness (QED) is 0.168. The van der Waals surface area contributed by atoms with Crippen molar-refractivity contribution in [2.45, 2.75) is 0 Å². The van der Waals surface area contributed by atoms with Gasteiger partial charge < -0.3 is 13.6 Å². The lowest BCUT2D eigenvalue weighted by molar-refractivity contribution is 0.671. The van der Waals surface area contributed by atoms with Crippen molar-refractivity contribution in [3.05, 3.63) is 212 Å². The Morgan fingerprint density at radius 2 is 0.794 bits per heavy atom. The number of benzene rings is 9. The molecule has 0 amide bonds. The minimum atomic E-state index is 0.602. The van der Waals surface area contributed by atoms with Gasteiger partial charge in [0.05, 0.1) is 22.1 Å². The summed E-state index contributed by atoms with van der Waals surface area (Å²) in [5.41, 5.74) is 13.3. The second-order valence-electron chi connectivity index (χ2n) is 16.0. The van der Waals surface area contributed by atoms with Crippen LogP contribution < -0.4 is 0 Å².